The molecular formula is C25H35N3O2. The molecule has 0 spiro atoms. The number of nitrogens with zero attached hydrogens (tertiary/aromatic N) is 3. The van der Waals surface area contributed by atoms with Crippen LogP contribution in [0.2, 0.25) is 0 Å². The predicted molar refractivity (Wildman–Crippen MR) is 120 cm³/mol. The molecule has 1 aliphatic rings. The van der Waals surface area contributed by atoms with Crippen molar-refractivity contribution in [2.24, 2.45) is 11.8 Å². The normalized spacial score (nSPS) is 15.1. The Labute approximate surface area is 180 Å². The van der Waals surface area contributed by atoms with Gasteiger partial charge >= 0.3 is 0 Å². The molecule has 0 N–H and O–H groups in total. The fraction of sp³-hybridized carbons (Fsp3) is 0.560. The van der Waals surface area contributed by atoms with Crippen molar-refractivity contribution >= 4 is 11.7 Å². The number of benzene rings is 1. The minimum Gasteiger partial charge on any atom is -0.343 e. The fourth-order valence-corrected chi connectivity index (χ4v) is 4.35. The lowest BCUT2D eigenvalue weighted by atomic mass is 9.88. The molecule has 2 heterocycles. The summed E-state index contributed by atoms with van der Waals surface area (Å²) < 4.78 is 2.07. The molecule has 5 nitrogen and oxygen atoms in total. The third-order valence-electron chi connectivity index (χ3n) is 6.21. The van der Waals surface area contributed by atoms with Crippen molar-refractivity contribution in [3.05, 3.63) is 52.3 Å². The molecule has 0 atom stereocenters. The summed E-state index contributed by atoms with van der Waals surface area (Å²) in [6, 6.07) is 7.80. The minimum atomic E-state index is 0.0236. The highest BCUT2D eigenvalue weighted by molar-refractivity contribution is 5.98. The molecule has 3 rings (SSSR count). The number of aryl methyl sites for hydroxylation is 2. The van der Waals surface area contributed by atoms with Gasteiger partial charge in [0.25, 0.3) is 0 Å². The lowest BCUT2D eigenvalue weighted by Gasteiger charge is -2.31. The average Bonchev–Trinajstić information content (AvgIpc) is 2.98. The Kier molecular flexibility index (Phi) is 7.11. The fourth-order valence-electron chi connectivity index (χ4n) is 4.35. The Morgan fingerprint density at radius 1 is 1.07 bits per heavy atom. The van der Waals surface area contributed by atoms with Gasteiger partial charge in [-0.1, -0.05) is 43.7 Å². The van der Waals surface area contributed by atoms with E-state index < -0.39 is 0 Å². The van der Waals surface area contributed by atoms with E-state index in [1.165, 1.54) is 11.3 Å². The maximum absolute atomic E-state index is 12.8. The summed E-state index contributed by atoms with van der Waals surface area (Å²) in [6.07, 6.45) is 2.74. The topological polar surface area (TPSA) is 55.2 Å². The number of rotatable bonds is 7. The second-order valence-electron chi connectivity index (χ2n) is 9.11. The van der Waals surface area contributed by atoms with Crippen LogP contribution in [0.15, 0.2) is 24.3 Å². The Morgan fingerprint density at radius 3 is 2.30 bits per heavy atom. The van der Waals surface area contributed by atoms with Gasteiger partial charge in [-0.05, 0) is 51.5 Å². The van der Waals surface area contributed by atoms with Gasteiger partial charge in [0.15, 0.2) is 5.78 Å². The minimum absolute atomic E-state index is 0.0236. The molecule has 1 aromatic carbocycles. The number of piperidine rings is 1. The Bertz CT molecular complexity index is 888. The first kappa shape index (κ1) is 22.3. The largest absolute Gasteiger partial charge is 0.343 e. The molecule has 30 heavy (non-hydrogen) atoms. The van der Waals surface area contributed by atoms with Crippen molar-refractivity contribution in [3.8, 4) is 0 Å². The lowest BCUT2D eigenvalue weighted by Crippen LogP contribution is -2.40. The van der Waals surface area contributed by atoms with Crippen molar-refractivity contribution in [3.63, 3.8) is 0 Å². The van der Waals surface area contributed by atoms with E-state index in [2.05, 4.69) is 30.6 Å². The van der Waals surface area contributed by atoms with Gasteiger partial charge in [-0.2, -0.15) is 5.10 Å². The van der Waals surface area contributed by atoms with Gasteiger partial charge in [0.1, 0.15) is 0 Å². The zero-order valence-corrected chi connectivity index (χ0v) is 19.1. The average molecular weight is 410 g/mol. The van der Waals surface area contributed by atoms with Crippen molar-refractivity contribution < 1.29 is 9.59 Å². The summed E-state index contributed by atoms with van der Waals surface area (Å²) >= 11 is 0. The molecule has 1 amide bonds. The smallest absolute Gasteiger partial charge is 0.222 e. The van der Waals surface area contributed by atoms with Gasteiger partial charge in [0.2, 0.25) is 5.91 Å². The third kappa shape index (κ3) is 5.18. The van der Waals surface area contributed by atoms with Gasteiger partial charge in [-0.3, -0.25) is 14.3 Å². The Balaban J connectivity index is 1.52. The van der Waals surface area contributed by atoms with Crippen LogP contribution < -0.4 is 0 Å². The number of amides is 1. The van der Waals surface area contributed by atoms with Crippen LogP contribution in [-0.4, -0.2) is 39.5 Å². The van der Waals surface area contributed by atoms with Gasteiger partial charge in [-0.15, -0.1) is 0 Å². The van der Waals surface area contributed by atoms with Gasteiger partial charge in [0, 0.05) is 43.2 Å². The van der Waals surface area contributed by atoms with Crippen molar-refractivity contribution in [2.45, 2.75) is 66.8 Å². The van der Waals surface area contributed by atoms with E-state index >= 15 is 0 Å². The summed E-state index contributed by atoms with van der Waals surface area (Å²) in [7, 11) is 0. The molecule has 0 aliphatic carbocycles. The molecule has 0 bridgehead atoms. The van der Waals surface area contributed by atoms with Gasteiger partial charge in [-0.25, -0.2) is 0 Å². The molecule has 2 aromatic rings. The molecule has 0 unspecified atom stereocenters. The SMILES string of the molecule is Cc1ccc(C(=O)C2CCN(C(=O)CCc3c(C)nn(CC(C)C)c3C)CC2)cc1. The number of hydrogen-bond donors (Lipinski definition) is 0. The molecule has 1 aromatic heterocycles. The highest BCUT2D eigenvalue weighted by Gasteiger charge is 2.28. The highest BCUT2D eigenvalue weighted by Crippen LogP contribution is 2.23. The van der Waals surface area contributed by atoms with Gasteiger partial charge < -0.3 is 4.90 Å². The summed E-state index contributed by atoms with van der Waals surface area (Å²) in [6.45, 7) is 12.8. The van der Waals surface area contributed by atoms with Crippen LogP contribution in [0.4, 0.5) is 0 Å². The maximum Gasteiger partial charge on any atom is 0.222 e. The zero-order chi connectivity index (χ0) is 21.8. The van der Waals surface area contributed by atoms with Crippen molar-refractivity contribution in [2.75, 3.05) is 13.1 Å². The highest BCUT2D eigenvalue weighted by atomic mass is 16.2. The number of Topliss-reactive ketones (excluding diaryl/α,β-unsaturated/α-hetero) is 1. The zero-order valence-electron chi connectivity index (χ0n) is 19.1. The van der Waals surface area contributed by atoms with Crippen molar-refractivity contribution in [1.82, 2.24) is 14.7 Å². The number of carbonyl (C=O) groups excluding carboxylic acids is 2. The summed E-state index contributed by atoms with van der Waals surface area (Å²) in [5, 5.41) is 4.66. The van der Waals surface area contributed by atoms with Crippen LogP contribution in [0.25, 0.3) is 0 Å². The molecule has 1 fully saturated rings. The molecule has 0 saturated carbocycles. The second kappa shape index (κ2) is 9.59. The van der Waals surface area contributed by atoms with E-state index in [1.54, 1.807) is 0 Å². The molecular weight excluding hydrogens is 374 g/mol. The Hall–Kier alpha value is -2.43. The van der Waals surface area contributed by atoms with E-state index in [9.17, 15) is 9.59 Å². The van der Waals surface area contributed by atoms with Crippen molar-refractivity contribution in [1.29, 1.82) is 0 Å². The summed E-state index contributed by atoms with van der Waals surface area (Å²) in [4.78, 5) is 27.4. The van der Waals surface area contributed by atoms with E-state index in [-0.39, 0.29) is 17.6 Å². The molecule has 162 valence electrons. The van der Waals surface area contributed by atoms with E-state index in [4.69, 9.17) is 0 Å². The lowest BCUT2D eigenvalue weighted by molar-refractivity contribution is -0.132. The van der Waals surface area contributed by atoms with Crippen LogP contribution in [0, 0.1) is 32.6 Å². The van der Waals surface area contributed by atoms with Crippen LogP contribution >= 0.6 is 0 Å². The molecule has 1 aliphatic heterocycles. The monoisotopic (exact) mass is 409 g/mol. The molecule has 1 saturated heterocycles. The van der Waals surface area contributed by atoms with Crippen LogP contribution in [0.5, 0.6) is 0 Å². The molecule has 5 heteroatoms. The summed E-state index contributed by atoms with van der Waals surface area (Å²) in [5.41, 5.74) is 5.36. The summed E-state index contributed by atoms with van der Waals surface area (Å²) in [5.74, 6) is 0.967. The van der Waals surface area contributed by atoms with Gasteiger partial charge in [0.05, 0.1) is 5.69 Å². The predicted octanol–water partition coefficient (Wildman–Crippen LogP) is 4.52. The number of ketones is 1. The van der Waals surface area contributed by atoms with E-state index in [0.29, 0.717) is 25.4 Å². The van der Waals surface area contributed by atoms with Crippen LogP contribution in [0.3, 0.4) is 0 Å². The Morgan fingerprint density at radius 2 is 1.70 bits per heavy atom. The second-order valence-corrected chi connectivity index (χ2v) is 9.11. The molecule has 0 radical (unpaired) electrons. The van der Waals surface area contributed by atoms with Crippen LogP contribution in [0.1, 0.15) is 66.0 Å². The number of aromatic nitrogens is 2. The first-order valence-electron chi connectivity index (χ1n) is 11.2. The van der Waals surface area contributed by atoms with E-state index in [1.807, 2.05) is 43.0 Å². The van der Waals surface area contributed by atoms with E-state index in [0.717, 1.165) is 42.6 Å². The quantitative estimate of drug-likeness (QED) is 0.632. The maximum atomic E-state index is 12.8. The first-order valence-corrected chi connectivity index (χ1v) is 11.2. The first-order chi connectivity index (χ1) is 14.3. The standard InChI is InChI=1S/C25H35N3O2/c1-17(2)16-28-20(5)23(19(4)26-28)10-11-24(29)27-14-12-22(13-15-27)25(30)21-8-6-18(3)7-9-21/h6-9,17,22H,10-16H2,1-5H3. The third-order valence-corrected chi connectivity index (χ3v) is 6.21. The van der Waals surface area contributed by atoms with Crippen LogP contribution in [-0.2, 0) is 17.8 Å². The number of hydrogen-bond acceptors (Lipinski definition) is 3. The number of likely N-dealkylation sites (tertiary alicyclic amines) is 1. The number of carbonyl (C=O) groups is 2.